The monoisotopic (exact) mass is 308 g/mol. The normalized spacial score (nSPS) is 19.3. The van der Waals surface area contributed by atoms with Crippen LogP contribution in [0.1, 0.15) is 48.9 Å². The van der Waals surface area contributed by atoms with Crippen molar-refractivity contribution in [3.63, 3.8) is 0 Å². The number of furan rings is 1. The van der Waals surface area contributed by atoms with Crippen molar-refractivity contribution in [1.82, 2.24) is 10.2 Å². The molecular formula is C17H28N2O3. The van der Waals surface area contributed by atoms with E-state index in [1.165, 1.54) is 25.9 Å². The lowest BCUT2D eigenvalue weighted by atomic mass is 10.0. The summed E-state index contributed by atoms with van der Waals surface area (Å²) in [5, 5.41) is 2.91. The van der Waals surface area contributed by atoms with Crippen molar-refractivity contribution in [3.05, 3.63) is 23.7 Å². The quantitative estimate of drug-likeness (QED) is 0.750. The van der Waals surface area contributed by atoms with Gasteiger partial charge in [0.1, 0.15) is 12.4 Å². The SMILES string of the molecule is COCc1ccc(C(=O)NCCCCN2CCCC(C)C2)o1. The molecule has 0 radical (unpaired) electrons. The van der Waals surface area contributed by atoms with Gasteiger partial charge in [0, 0.05) is 20.2 Å². The van der Waals surface area contributed by atoms with Gasteiger partial charge in [-0.25, -0.2) is 0 Å². The summed E-state index contributed by atoms with van der Waals surface area (Å²) in [6.45, 7) is 7.00. The van der Waals surface area contributed by atoms with E-state index in [0.717, 1.165) is 25.3 Å². The van der Waals surface area contributed by atoms with Crippen LogP contribution in [0.5, 0.6) is 0 Å². The highest BCUT2D eigenvalue weighted by Gasteiger charge is 2.15. The molecule has 2 rings (SSSR count). The Morgan fingerprint density at radius 1 is 1.45 bits per heavy atom. The highest BCUT2D eigenvalue weighted by atomic mass is 16.5. The summed E-state index contributed by atoms with van der Waals surface area (Å²) in [4.78, 5) is 14.5. The Morgan fingerprint density at radius 3 is 3.09 bits per heavy atom. The van der Waals surface area contributed by atoms with E-state index in [1.54, 1.807) is 19.2 Å². The largest absolute Gasteiger partial charge is 0.453 e. The summed E-state index contributed by atoms with van der Waals surface area (Å²) in [6, 6.07) is 3.47. The summed E-state index contributed by atoms with van der Waals surface area (Å²) in [6.07, 6.45) is 4.81. The highest BCUT2D eigenvalue weighted by Crippen LogP contribution is 2.15. The third kappa shape index (κ3) is 5.46. The van der Waals surface area contributed by atoms with Crippen molar-refractivity contribution in [2.75, 3.05) is 33.3 Å². The number of likely N-dealkylation sites (tertiary alicyclic amines) is 1. The van der Waals surface area contributed by atoms with Crippen molar-refractivity contribution < 1.29 is 13.9 Å². The van der Waals surface area contributed by atoms with Crippen molar-refractivity contribution in [2.24, 2.45) is 5.92 Å². The molecule has 1 N–H and O–H groups in total. The number of methoxy groups -OCH3 is 1. The number of amides is 1. The lowest BCUT2D eigenvalue weighted by molar-refractivity contribution is 0.0915. The minimum atomic E-state index is -0.144. The smallest absolute Gasteiger partial charge is 0.286 e. The molecule has 1 amide bonds. The molecule has 124 valence electrons. The predicted octanol–water partition coefficient (Wildman–Crippen LogP) is 2.67. The maximum atomic E-state index is 11.9. The molecular weight excluding hydrogens is 280 g/mol. The summed E-state index contributed by atoms with van der Waals surface area (Å²) in [5.74, 6) is 1.71. The second-order valence-corrected chi connectivity index (χ2v) is 6.21. The minimum Gasteiger partial charge on any atom is -0.453 e. The second kappa shape index (κ2) is 8.96. The highest BCUT2D eigenvalue weighted by molar-refractivity contribution is 5.91. The number of rotatable bonds is 8. The van der Waals surface area contributed by atoms with Gasteiger partial charge in [-0.05, 0) is 56.8 Å². The molecule has 1 aromatic heterocycles. The van der Waals surface area contributed by atoms with Gasteiger partial charge < -0.3 is 19.4 Å². The lowest BCUT2D eigenvalue weighted by Gasteiger charge is -2.30. The summed E-state index contributed by atoms with van der Waals surface area (Å²) in [7, 11) is 1.60. The van der Waals surface area contributed by atoms with Crippen LogP contribution in [0.3, 0.4) is 0 Å². The third-order valence-electron chi connectivity index (χ3n) is 4.10. The first-order valence-electron chi connectivity index (χ1n) is 8.27. The zero-order valence-corrected chi connectivity index (χ0v) is 13.8. The van der Waals surface area contributed by atoms with Crippen molar-refractivity contribution >= 4 is 5.91 Å². The predicted molar refractivity (Wildman–Crippen MR) is 85.8 cm³/mol. The first kappa shape index (κ1) is 17.0. The molecule has 22 heavy (non-hydrogen) atoms. The molecule has 1 atom stereocenters. The molecule has 1 aliphatic heterocycles. The second-order valence-electron chi connectivity index (χ2n) is 6.21. The molecule has 0 saturated carbocycles. The number of carbonyl (C=O) groups excluding carboxylic acids is 1. The van der Waals surface area contributed by atoms with Gasteiger partial charge in [0.15, 0.2) is 5.76 Å². The third-order valence-corrected chi connectivity index (χ3v) is 4.10. The first-order valence-corrected chi connectivity index (χ1v) is 8.27. The topological polar surface area (TPSA) is 54.7 Å². The zero-order valence-electron chi connectivity index (χ0n) is 13.8. The standard InChI is InChI=1S/C17H28N2O3/c1-14-6-5-11-19(12-14)10-4-3-9-18-17(20)16-8-7-15(22-16)13-21-2/h7-8,14H,3-6,9-13H2,1-2H3,(H,18,20). The van der Waals surface area contributed by atoms with E-state index in [0.29, 0.717) is 24.7 Å². The Kier molecular flexibility index (Phi) is 6.93. The number of nitrogens with zero attached hydrogens (tertiary/aromatic N) is 1. The molecule has 1 unspecified atom stereocenters. The summed E-state index contributed by atoms with van der Waals surface area (Å²) < 4.78 is 10.4. The maximum absolute atomic E-state index is 11.9. The lowest BCUT2D eigenvalue weighted by Crippen LogP contribution is -2.35. The summed E-state index contributed by atoms with van der Waals surface area (Å²) >= 11 is 0. The van der Waals surface area contributed by atoms with Gasteiger partial charge >= 0.3 is 0 Å². The van der Waals surface area contributed by atoms with E-state index in [1.807, 2.05) is 0 Å². The van der Waals surface area contributed by atoms with Crippen molar-refractivity contribution in [2.45, 2.75) is 39.2 Å². The molecule has 1 saturated heterocycles. The number of hydrogen-bond donors (Lipinski definition) is 1. The molecule has 0 spiro atoms. The fourth-order valence-corrected chi connectivity index (χ4v) is 2.96. The van der Waals surface area contributed by atoms with Gasteiger partial charge in [-0.1, -0.05) is 6.92 Å². The fourth-order valence-electron chi connectivity index (χ4n) is 2.96. The van der Waals surface area contributed by atoms with Crippen LogP contribution in [-0.2, 0) is 11.3 Å². The van der Waals surface area contributed by atoms with Gasteiger partial charge in [-0.15, -0.1) is 0 Å². The molecule has 2 heterocycles. The van der Waals surface area contributed by atoms with Gasteiger partial charge in [-0.2, -0.15) is 0 Å². The maximum Gasteiger partial charge on any atom is 0.286 e. The van der Waals surface area contributed by atoms with Gasteiger partial charge in [0.05, 0.1) is 0 Å². The van der Waals surface area contributed by atoms with Gasteiger partial charge in [-0.3, -0.25) is 4.79 Å². The Morgan fingerprint density at radius 2 is 2.32 bits per heavy atom. The van der Waals surface area contributed by atoms with Crippen LogP contribution in [0.15, 0.2) is 16.5 Å². The van der Waals surface area contributed by atoms with Crippen molar-refractivity contribution in [3.8, 4) is 0 Å². The van der Waals surface area contributed by atoms with Crippen LogP contribution in [0.4, 0.5) is 0 Å². The number of unbranched alkanes of at least 4 members (excludes halogenated alkanes) is 1. The van der Waals surface area contributed by atoms with Gasteiger partial charge in [0.25, 0.3) is 5.91 Å². The van der Waals surface area contributed by atoms with E-state index in [4.69, 9.17) is 9.15 Å². The van der Waals surface area contributed by atoms with E-state index in [2.05, 4.69) is 17.1 Å². The Hall–Kier alpha value is -1.33. The van der Waals surface area contributed by atoms with Gasteiger partial charge in [0.2, 0.25) is 0 Å². The summed E-state index contributed by atoms with van der Waals surface area (Å²) in [5.41, 5.74) is 0. The van der Waals surface area contributed by atoms with Crippen LogP contribution in [0.2, 0.25) is 0 Å². The number of carbonyl (C=O) groups is 1. The minimum absolute atomic E-state index is 0.144. The zero-order chi connectivity index (χ0) is 15.8. The Labute approximate surface area is 133 Å². The number of hydrogen-bond acceptors (Lipinski definition) is 4. The molecule has 0 bridgehead atoms. The number of nitrogens with one attached hydrogen (secondary N) is 1. The molecule has 0 aliphatic carbocycles. The van der Waals surface area contributed by atoms with E-state index in [9.17, 15) is 4.79 Å². The van der Waals surface area contributed by atoms with Crippen LogP contribution < -0.4 is 5.32 Å². The van der Waals surface area contributed by atoms with Crippen LogP contribution in [-0.4, -0.2) is 44.1 Å². The van der Waals surface area contributed by atoms with E-state index >= 15 is 0 Å². The molecule has 5 heteroatoms. The van der Waals surface area contributed by atoms with E-state index in [-0.39, 0.29) is 5.91 Å². The molecule has 1 fully saturated rings. The number of ether oxygens (including phenoxy) is 1. The first-order chi connectivity index (χ1) is 10.7. The Bertz CT molecular complexity index is 459. The van der Waals surface area contributed by atoms with Crippen LogP contribution in [0, 0.1) is 5.92 Å². The van der Waals surface area contributed by atoms with Crippen LogP contribution in [0.25, 0.3) is 0 Å². The van der Waals surface area contributed by atoms with Crippen LogP contribution >= 0.6 is 0 Å². The van der Waals surface area contributed by atoms with E-state index < -0.39 is 0 Å². The molecule has 1 aliphatic rings. The average Bonchev–Trinajstić information content (AvgIpc) is 2.96. The molecule has 0 aromatic carbocycles. The van der Waals surface area contributed by atoms with Crippen molar-refractivity contribution in [1.29, 1.82) is 0 Å². The molecule has 1 aromatic rings. The number of piperidine rings is 1. The average molecular weight is 308 g/mol. The fraction of sp³-hybridized carbons (Fsp3) is 0.706. The molecule has 5 nitrogen and oxygen atoms in total. The Balaban J connectivity index is 1.58.